The molecule has 2 aromatic carbocycles. The molecular weight excluding hydrogens is 366 g/mol. The number of anilines is 2. The molecule has 148 valence electrons. The molecule has 0 aliphatic carbocycles. The van der Waals surface area contributed by atoms with Gasteiger partial charge in [-0.3, -0.25) is 0 Å². The summed E-state index contributed by atoms with van der Waals surface area (Å²) in [7, 11) is 3.38. The minimum absolute atomic E-state index is 0.822. The van der Waals surface area contributed by atoms with Crippen molar-refractivity contribution < 1.29 is 9.47 Å². The van der Waals surface area contributed by atoms with Gasteiger partial charge in [-0.1, -0.05) is 6.07 Å². The maximum absolute atomic E-state index is 5.55. The highest BCUT2D eigenvalue weighted by Gasteiger charge is 2.22. The normalized spacial score (nSPS) is 14.6. The van der Waals surface area contributed by atoms with Crippen LogP contribution in [0.5, 0.6) is 11.5 Å². The Bertz CT molecular complexity index is 1150. The lowest BCUT2D eigenvalue weighted by Gasteiger charge is -2.36. The fourth-order valence-corrected chi connectivity index (χ4v) is 4.07. The van der Waals surface area contributed by atoms with Crippen molar-refractivity contribution in [2.24, 2.45) is 0 Å². The van der Waals surface area contributed by atoms with E-state index in [0.29, 0.717) is 0 Å². The molecule has 0 unspecified atom stereocenters. The van der Waals surface area contributed by atoms with Crippen molar-refractivity contribution in [3.05, 3.63) is 48.8 Å². The molecule has 0 atom stereocenters. The van der Waals surface area contributed by atoms with Crippen LogP contribution in [-0.2, 0) is 0 Å². The monoisotopic (exact) mass is 389 g/mol. The maximum atomic E-state index is 5.55. The molecule has 1 N–H and O–H groups in total. The second-order valence-electron chi connectivity index (χ2n) is 7.10. The molecule has 3 heterocycles. The minimum Gasteiger partial charge on any atom is -0.497 e. The van der Waals surface area contributed by atoms with Crippen molar-refractivity contribution in [3.63, 3.8) is 0 Å². The molecule has 7 heteroatoms. The van der Waals surface area contributed by atoms with Gasteiger partial charge in [0.15, 0.2) is 5.82 Å². The van der Waals surface area contributed by atoms with Crippen LogP contribution < -0.4 is 19.3 Å². The number of nitrogens with one attached hydrogen (secondary N) is 1. The number of rotatable bonds is 4. The van der Waals surface area contributed by atoms with E-state index in [0.717, 1.165) is 65.4 Å². The van der Waals surface area contributed by atoms with E-state index in [1.165, 1.54) is 5.69 Å². The van der Waals surface area contributed by atoms with Gasteiger partial charge in [-0.15, -0.1) is 0 Å². The molecule has 0 saturated carbocycles. The third-order valence-electron chi connectivity index (χ3n) is 5.59. The molecule has 5 rings (SSSR count). The summed E-state index contributed by atoms with van der Waals surface area (Å²) < 4.78 is 10.8. The average molecular weight is 389 g/mol. The highest BCUT2D eigenvalue weighted by Crippen LogP contribution is 2.35. The summed E-state index contributed by atoms with van der Waals surface area (Å²) in [6, 6.07) is 14.2. The lowest BCUT2D eigenvalue weighted by atomic mass is 10.2. The van der Waals surface area contributed by atoms with Crippen molar-refractivity contribution in [1.82, 2.24) is 15.0 Å². The van der Waals surface area contributed by atoms with E-state index in [-0.39, 0.29) is 0 Å². The highest BCUT2D eigenvalue weighted by molar-refractivity contribution is 6.11. The number of methoxy groups -OCH3 is 2. The zero-order chi connectivity index (χ0) is 19.8. The minimum atomic E-state index is 0.822. The van der Waals surface area contributed by atoms with Crippen LogP contribution in [-0.4, -0.2) is 55.4 Å². The molecule has 0 spiro atoms. The predicted octanol–water partition coefficient (Wildman–Crippen LogP) is 3.45. The number of hydrogen-bond donors (Lipinski definition) is 1. The van der Waals surface area contributed by atoms with Gasteiger partial charge in [-0.2, -0.15) is 0 Å². The van der Waals surface area contributed by atoms with Crippen LogP contribution in [0, 0.1) is 0 Å². The van der Waals surface area contributed by atoms with Gasteiger partial charge in [-0.25, -0.2) is 9.97 Å². The number of aromatic amines is 1. The topological polar surface area (TPSA) is 66.5 Å². The first-order valence-corrected chi connectivity index (χ1v) is 9.72. The zero-order valence-corrected chi connectivity index (χ0v) is 16.6. The Hall–Kier alpha value is -3.48. The number of ether oxygens (including phenoxy) is 2. The predicted molar refractivity (Wildman–Crippen MR) is 115 cm³/mol. The van der Waals surface area contributed by atoms with Gasteiger partial charge in [-0.05, 0) is 36.4 Å². The number of aromatic nitrogens is 3. The van der Waals surface area contributed by atoms with E-state index >= 15 is 0 Å². The van der Waals surface area contributed by atoms with Crippen molar-refractivity contribution in [2.45, 2.75) is 0 Å². The summed E-state index contributed by atoms with van der Waals surface area (Å²) in [6.45, 7) is 3.65. The van der Waals surface area contributed by atoms with Crippen molar-refractivity contribution in [2.75, 3.05) is 50.2 Å². The van der Waals surface area contributed by atoms with Gasteiger partial charge in [0.25, 0.3) is 0 Å². The first-order chi connectivity index (χ1) is 14.3. The molecule has 7 nitrogen and oxygen atoms in total. The molecule has 4 aromatic rings. The fraction of sp³-hybridized carbons (Fsp3) is 0.273. The van der Waals surface area contributed by atoms with Crippen LogP contribution in [0.2, 0.25) is 0 Å². The third kappa shape index (κ3) is 2.99. The molecule has 0 bridgehead atoms. The average Bonchev–Trinajstić information content (AvgIpc) is 3.18. The van der Waals surface area contributed by atoms with E-state index in [4.69, 9.17) is 9.47 Å². The van der Waals surface area contributed by atoms with Crippen LogP contribution in [0.4, 0.5) is 11.5 Å². The maximum Gasteiger partial charge on any atom is 0.156 e. The number of benzene rings is 2. The lowest BCUT2D eigenvalue weighted by molar-refractivity contribution is 0.415. The molecule has 1 aliphatic rings. The number of hydrogen-bond acceptors (Lipinski definition) is 6. The first-order valence-electron chi connectivity index (χ1n) is 9.72. The standard InChI is InChI=1S/C22H23N5O2/c1-28-16-8-6-15(7-9-16)26-10-12-27(13-11-26)22-21-20(23-14-24-22)19-17(25-21)4-3-5-18(19)29-2/h3-9,14,25H,10-13H2,1-2H3. The molecular formula is C22H23N5O2. The van der Waals surface area contributed by atoms with Crippen molar-refractivity contribution in [1.29, 1.82) is 0 Å². The van der Waals surface area contributed by atoms with Gasteiger partial charge in [0.1, 0.15) is 28.9 Å². The summed E-state index contributed by atoms with van der Waals surface area (Å²) in [5.74, 6) is 2.65. The van der Waals surface area contributed by atoms with Crippen LogP contribution in [0.1, 0.15) is 0 Å². The summed E-state index contributed by atoms with van der Waals surface area (Å²) >= 11 is 0. The number of fused-ring (bicyclic) bond motifs is 3. The van der Waals surface area contributed by atoms with Crippen LogP contribution >= 0.6 is 0 Å². The third-order valence-corrected chi connectivity index (χ3v) is 5.59. The second-order valence-corrected chi connectivity index (χ2v) is 7.10. The van der Waals surface area contributed by atoms with E-state index in [1.807, 2.05) is 30.3 Å². The van der Waals surface area contributed by atoms with Crippen LogP contribution in [0.15, 0.2) is 48.8 Å². The van der Waals surface area contributed by atoms with Crippen molar-refractivity contribution >= 4 is 33.4 Å². The van der Waals surface area contributed by atoms with Gasteiger partial charge in [0, 0.05) is 31.9 Å². The molecule has 29 heavy (non-hydrogen) atoms. The SMILES string of the molecule is COc1ccc(N2CCN(c3ncnc4c3[nH]c3cccc(OC)c34)CC2)cc1. The van der Waals surface area contributed by atoms with Gasteiger partial charge < -0.3 is 24.3 Å². The van der Waals surface area contributed by atoms with E-state index in [9.17, 15) is 0 Å². The Morgan fingerprint density at radius 1 is 0.862 bits per heavy atom. The zero-order valence-electron chi connectivity index (χ0n) is 16.6. The lowest BCUT2D eigenvalue weighted by Crippen LogP contribution is -2.46. The molecule has 1 fully saturated rings. The van der Waals surface area contributed by atoms with Crippen molar-refractivity contribution in [3.8, 4) is 11.5 Å². The molecule has 0 radical (unpaired) electrons. The smallest absolute Gasteiger partial charge is 0.156 e. The number of piperazine rings is 1. The van der Waals surface area contributed by atoms with E-state index < -0.39 is 0 Å². The van der Waals surface area contributed by atoms with E-state index in [2.05, 4.69) is 36.9 Å². The van der Waals surface area contributed by atoms with Crippen LogP contribution in [0.25, 0.3) is 21.9 Å². The number of nitrogens with zero attached hydrogens (tertiary/aromatic N) is 4. The Labute approximate surface area is 168 Å². The van der Waals surface area contributed by atoms with Crippen LogP contribution in [0.3, 0.4) is 0 Å². The molecule has 0 amide bonds. The quantitative estimate of drug-likeness (QED) is 0.577. The molecule has 2 aromatic heterocycles. The van der Waals surface area contributed by atoms with E-state index in [1.54, 1.807) is 20.5 Å². The summed E-state index contributed by atoms with van der Waals surface area (Å²) in [5, 5.41) is 1.01. The summed E-state index contributed by atoms with van der Waals surface area (Å²) in [4.78, 5) is 17.4. The fourth-order valence-electron chi connectivity index (χ4n) is 4.07. The Morgan fingerprint density at radius 3 is 2.34 bits per heavy atom. The Balaban J connectivity index is 1.43. The Morgan fingerprint density at radius 2 is 1.62 bits per heavy atom. The highest BCUT2D eigenvalue weighted by atomic mass is 16.5. The van der Waals surface area contributed by atoms with Gasteiger partial charge >= 0.3 is 0 Å². The Kier molecular flexibility index (Phi) is 4.35. The largest absolute Gasteiger partial charge is 0.497 e. The number of H-pyrrole nitrogens is 1. The molecule has 1 saturated heterocycles. The second kappa shape index (κ2) is 7.16. The first kappa shape index (κ1) is 17.6. The van der Waals surface area contributed by atoms with Gasteiger partial charge in [0.05, 0.1) is 25.1 Å². The summed E-state index contributed by atoms with van der Waals surface area (Å²) in [5.41, 5.74) is 4.09. The molecule has 1 aliphatic heterocycles. The van der Waals surface area contributed by atoms with Gasteiger partial charge in [0.2, 0.25) is 0 Å². The summed E-state index contributed by atoms with van der Waals surface area (Å²) in [6.07, 6.45) is 1.65.